The zero-order chi connectivity index (χ0) is 8.10. The van der Waals surface area contributed by atoms with Gasteiger partial charge in [0, 0.05) is 6.08 Å². The fraction of sp³-hybridized carbons (Fsp3) is 0.125. The van der Waals surface area contributed by atoms with Crippen LogP contribution in [-0.4, -0.2) is 11.1 Å². The van der Waals surface area contributed by atoms with E-state index >= 15 is 0 Å². The van der Waals surface area contributed by atoms with Crippen molar-refractivity contribution in [2.75, 3.05) is 0 Å². The van der Waals surface area contributed by atoms with Crippen LogP contribution in [0.25, 0.3) is 0 Å². The molecular formula is C8H8O2S. The van der Waals surface area contributed by atoms with Gasteiger partial charge in [-0.2, -0.15) is 11.3 Å². The van der Waals surface area contributed by atoms with Gasteiger partial charge >= 0.3 is 5.97 Å². The van der Waals surface area contributed by atoms with Crippen molar-refractivity contribution in [2.24, 2.45) is 0 Å². The van der Waals surface area contributed by atoms with E-state index in [4.69, 9.17) is 5.11 Å². The lowest BCUT2D eigenvalue weighted by Crippen LogP contribution is -1.86. The molecule has 0 spiro atoms. The summed E-state index contributed by atoms with van der Waals surface area (Å²) in [5.74, 6) is -0.889. The van der Waals surface area contributed by atoms with Crippen molar-refractivity contribution >= 4 is 17.3 Å². The molecule has 0 aliphatic heterocycles. The average Bonchev–Trinajstić information content (AvgIpc) is 2.39. The molecule has 1 heterocycles. The molecule has 0 saturated carbocycles. The molecule has 1 aromatic rings. The van der Waals surface area contributed by atoms with Crippen molar-refractivity contribution in [2.45, 2.75) is 6.42 Å². The number of carboxylic acids is 1. The number of carbonyl (C=O) groups is 1. The van der Waals surface area contributed by atoms with Crippen LogP contribution in [0, 0.1) is 0 Å². The van der Waals surface area contributed by atoms with E-state index < -0.39 is 5.97 Å². The molecule has 1 rings (SSSR count). The van der Waals surface area contributed by atoms with E-state index in [-0.39, 0.29) is 0 Å². The molecule has 1 aromatic heterocycles. The van der Waals surface area contributed by atoms with Gasteiger partial charge in [-0.1, -0.05) is 6.08 Å². The molecule has 11 heavy (non-hydrogen) atoms. The summed E-state index contributed by atoms with van der Waals surface area (Å²) in [5, 5.41) is 12.2. The van der Waals surface area contributed by atoms with E-state index in [1.54, 1.807) is 17.4 Å². The third kappa shape index (κ3) is 3.00. The third-order valence-corrected chi connectivity index (χ3v) is 1.93. The van der Waals surface area contributed by atoms with Crippen LogP contribution >= 0.6 is 11.3 Å². The number of carboxylic acid groups (broad SMARTS) is 1. The molecule has 0 aliphatic carbocycles. The first-order valence-electron chi connectivity index (χ1n) is 3.19. The molecule has 2 nitrogen and oxygen atoms in total. The Bertz CT molecular complexity index is 249. The van der Waals surface area contributed by atoms with Crippen LogP contribution in [0.5, 0.6) is 0 Å². The Labute approximate surface area is 68.8 Å². The molecule has 3 heteroatoms. The molecule has 0 aliphatic rings. The Kier molecular flexibility index (Phi) is 2.86. The van der Waals surface area contributed by atoms with E-state index in [1.165, 1.54) is 0 Å². The Morgan fingerprint density at radius 1 is 1.73 bits per heavy atom. The Morgan fingerprint density at radius 2 is 2.55 bits per heavy atom. The first-order chi connectivity index (χ1) is 5.29. The second kappa shape index (κ2) is 3.93. The van der Waals surface area contributed by atoms with E-state index in [2.05, 4.69) is 0 Å². The molecule has 0 atom stereocenters. The summed E-state index contributed by atoms with van der Waals surface area (Å²) in [6.07, 6.45) is 3.51. The highest BCUT2D eigenvalue weighted by atomic mass is 32.1. The van der Waals surface area contributed by atoms with E-state index in [9.17, 15) is 4.79 Å². The van der Waals surface area contributed by atoms with Gasteiger partial charge in [0.15, 0.2) is 0 Å². The number of rotatable bonds is 3. The van der Waals surface area contributed by atoms with Gasteiger partial charge < -0.3 is 5.11 Å². The maximum atomic E-state index is 10.0. The minimum atomic E-state index is -0.889. The maximum absolute atomic E-state index is 10.0. The lowest BCUT2D eigenvalue weighted by molar-refractivity contribution is -0.131. The van der Waals surface area contributed by atoms with Gasteiger partial charge in [0.05, 0.1) is 0 Å². The van der Waals surface area contributed by atoms with Crippen LogP contribution in [0.1, 0.15) is 5.56 Å². The maximum Gasteiger partial charge on any atom is 0.327 e. The largest absolute Gasteiger partial charge is 0.478 e. The van der Waals surface area contributed by atoms with Crippen molar-refractivity contribution in [1.29, 1.82) is 0 Å². The molecular weight excluding hydrogens is 160 g/mol. The van der Waals surface area contributed by atoms with Gasteiger partial charge in [-0.05, 0) is 28.8 Å². The third-order valence-electron chi connectivity index (χ3n) is 1.19. The monoisotopic (exact) mass is 168 g/mol. The molecule has 0 fully saturated rings. The van der Waals surface area contributed by atoms with Crippen molar-refractivity contribution < 1.29 is 9.90 Å². The van der Waals surface area contributed by atoms with Crippen molar-refractivity contribution in [3.63, 3.8) is 0 Å². The lowest BCUT2D eigenvalue weighted by atomic mass is 10.2. The van der Waals surface area contributed by atoms with Crippen LogP contribution < -0.4 is 0 Å². The summed E-state index contributed by atoms with van der Waals surface area (Å²) in [7, 11) is 0. The minimum absolute atomic E-state index is 0.704. The minimum Gasteiger partial charge on any atom is -0.478 e. The van der Waals surface area contributed by atoms with Gasteiger partial charge in [-0.25, -0.2) is 4.79 Å². The number of aliphatic carboxylic acids is 1. The van der Waals surface area contributed by atoms with Gasteiger partial charge in [0.25, 0.3) is 0 Å². The Morgan fingerprint density at radius 3 is 3.09 bits per heavy atom. The molecule has 1 N–H and O–H groups in total. The smallest absolute Gasteiger partial charge is 0.327 e. The highest BCUT2D eigenvalue weighted by Gasteiger charge is 1.89. The Balaban J connectivity index is 2.40. The SMILES string of the molecule is O=C(O)/C=C/Cc1ccsc1. The number of hydrogen-bond acceptors (Lipinski definition) is 2. The molecule has 0 amide bonds. The van der Waals surface area contributed by atoms with Gasteiger partial charge in [-0.3, -0.25) is 0 Å². The predicted molar refractivity (Wildman–Crippen MR) is 44.8 cm³/mol. The zero-order valence-electron chi connectivity index (χ0n) is 5.86. The molecule has 0 aromatic carbocycles. The van der Waals surface area contributed by atoms with Crippen LogP contribution in [0.4, 0.5) is 0 Å². The van der Waals surface area contributed by atoms with Gasteiger partial charge in [0.1, 0.15) is 0 Å². The number of hydrogen-bond donors (Lipinski definition) is 1. The number of thiophene rings is 1. The Hall–Kier alpha value is -1.09. The van der Waals surface area contributed by atoms with Crippen molar-refractivity contribution in [3.05, 3.63) is 34.5 Å². The van der Waals surface area contributed by atoms with E-state index in [0.29, 0.717) is 6.42 Å². The predicted octanol–water partition coefficient (Wildman–Crippen LogP) is 1.93. The molecule has 0 bridgehead atoms. The molecule has 0 radical (unpaired) electrons. The molecule has 0 saturated heterocycles. The van der Waals surface area contributed by atoms with Crippen LogP contribution in [0.2, 0.25) is 0 Å². The average molecular weight is 168 g/mol. The van der Waals surface area contributed by atoms with Crippen LogP contribution in [0.3, 0.4) is 0 Å². The van der Waals surface area contributed by atoms with Crippen LogP contribution in [0.15, 0.2) is 29.0 Å². The standard InChI is InChI=1S/C8H8O2S/c9-8(10)3-1-2-7-4-5-11-6-7/h1,3-6H,2H2,(H,9,10)/b3-1+. The summed E-state index contributed by atoms with van der Waals surface area (Å²) < 4.78 is 0. The fourth-order valence-electron chi connectivity index (χ4n) is 0.705. The fourth-order valence-corrected chi connectivity index (χ4v) is 1.39. The first-order valence-corrected chi connectivity index (χ1v) is 4.14. The quantitative estimate of drug-likeness (QED) is 0.700. The highest BCUT2D eigenvalue weighted by molar-refractivity contribution is 7.07. The molecule has 0 unspecified atom stereocenters. The zero-order valence-corrected chi connectivity index (χ0v) is 6.67. The normalized spacial score (nSPS) is 10.5. The topological polar surface area (TPSA) is 37.3 Å². The van der Waals surface area contributed by atoms with Crippen LogP contribution in [-0.2, 0) is 11.2 Å². The van der Waals surface area contributed by atoms with Gasteiger partial charge in [-0.15, -0.1) is 0 Å². The summed E-state index contributed by atoms with van der Waals surface area (Å²) in [6, 6.07) is 1.98. The van der Waals surface area contributed by atoms with Crippen molar-refractivity contribution in [1.82, 2.24) is 0 Å². The first kappa shape index (κ1) is 8.01. The highest BCUT2D eigenvalue weighted by Crippen LogP contribution is 2.06. The second-order valence-corrected chi connectivity index (χ2v) is 2.86. The summed E-state index contributed by atoms with van der Waals surface area (Å²) >= 11 is 1.62. The second-order valence-electron chi connectivity index (χ2n) is 2.08. The van der Waals surface area contributed by atoms with E-state index in [1.807, 2.05) is 16.8 Å². The summed E-state index contributed by atoms with van der Waals surface area (Å²) in [6.45, 7) is 0. The number of allylic oxidation sites excluding steroid dienone is 1. The van der Waals surface area contributed by atoms with Gasteiger partial charge in [0.2, 0.25) is 0 Å². The van der Waals surface area contributed by atoms with Crippen molar-refractivity contribution in [3.8, 4) is 0 Å². The summed E-state index contributed by atoms with van der Waals surface area (Å²) in [5.41, 5.74) is 1.16. The summed E-state index contributed by atoms with van der Waals surface area (Å²) in [4.78, 5) is 10.0. The van der Waals surface area contributed by atoms with E-state index in [0.717, 1.165) is 11.6 Å². The molecule has 58 valence electrons. The lowest BCUT2D eigenvalue weighted by Gasteiger charge is -1.84.